The molecule has 4 heteroatoms. The molecule has 0 radical (unpaired) electrons. The van der Waals surface area contributed by atoms with E-state index in [0.717, 1.165) is 12.0 Å². The lowest BCUT2D eigenvalue weighted by Gasteiger charge is -2.17. The van der Waals surface area contributed by atoms with E-state index < -0.39 is 0 Å². The zero-order valence-electron chi connectivity index (χ0n) is 11.0. The molecule has 0 spiro atoms. The summed E-state index contributed by atoms with van der Waals surface area (Å²) in [5.41, 5.74) is 2.13. The van der Waals surface area contributed by atoms with E-state index in [1.54, 1.807) is 12.1 Å². The number of hydrogen-bond donors (Lipinski definition) is 2. The van der Waals surface area contributed by atoms with Gasteiger partial charge in [0.2, 0.25) is 0 Å². The average Bonchev–Trinajstić information content (AvgIpc) is 2.47. The quantitative estimate of drug-likeness (QED) is 0.853. The van der Waals surface area contributed by atoms with Crippen molar-refractivity contribution in [3.63, 3.8) is 0 Å². The van der Waals surface area contributed by atoms with Crippen molar-refractivity contribution in [2.75, 3.05) is 6.61 Å². The minimum atomic E-state index is -0.00699. The van der Waals surface area contributed by atoms with Gasteiger partial charge in [-0.25, -0.2) is 0 Å². The molecule has 0 bridgehead atoms. The van der Waals surface area contributed by atoms with Gasteiger partial charge in [0.25, 0.3) is 0 Å². The smallest absolute Gasteiger partial charge is 0.0587 e. The van der Waals surface area contributed by atoms with Crippen LogP contribution in [0.2, 0.25) is 10.0 Å². The molecule has 2 aromatic carbocycles. The van der Waals surface area contributed by atoms with Gasteiger partial charge in [-0.3, -0.25) is 0 Å². The highest BCUT2D eigenvalue weighted by Gasteiger charge is 2.09. The molecule has 0 saturated heterocycles. The maximum absolute atomic E-state index is 9.47. The summed E-state index contributed by atoms with van der Waals surface area (Å²) in [6, 6.07) is 15.5. The van der Waals surface area contributed by atoms with Gasteiger partial charge < -0.3 is 10.4 Å². The van der Waals surface area contributed by atoms with Crippen LogP contribution in [-0.4, -0.2) is 17.8 Å². The van der Waals surface area contributed by atoms with Crippen LogP contribution in [0.5, 0.6) is 0 Å². The Kier molecular flexibility index (Phi) is 5.86. The molecule has 0 aliphatic heterocycles. The number of aliphatic hydroxyl groups is 1. The molecule has 0 aromatic heterocycles. The van der Waals surface area contributed by atoms with E-state index in [1.807, 2.05) is 24.3 Å². The second kappa shape index (κ2) is 7.65. The fraction of sp³-hybridized carbons (Fsp3) is 0.250. The van der Waals surface area contributed by atoms with Crippen molar-refractivity contribution in [3.05, 3.63) is 69.7 Å². The first kappa shape index (κ1) is 15.3. The van der Waals surface area contributed by atoms with Crippen LogP contribution < -0.4 is 5.32 Å². The van der Waals surface area contributed by atoms with Crippen molar-refractivity contribution in [1.82, 2.24) is 5.32 Å². The maximum atomic E-state index is 9.47. The van der Waals surface area contributed by atoms with Gasteiger partial charge in [-0.1, -0.05) is 53.5 Å². The first-order valence-corrected chi connectivity index (χ1v) is 7.26. The molecule has 2 N–H and O–H groups in total. The van der Waals surface area contributed by atoms with Crippen LogP contribution in [-0.2, 0) is 13.0 Å². The molecular formula is C16H17Cl2NO. The molecule has 1 unspecified atom stereocenters. The second-order valence-electron chi connectivity index (χ2n) is 4.69. The Morgan fingerprint density at radius 3 is 2.50 bits per heavy atom. The average molecular weight is 310 g/mol. The van der Waals surface area contributed by atoms with Gasteiger partial charge in [-0.05, 0) is 35.7 Å². The molecular weight excluding hydrogens is 293 g/mol. The largest absolute Gasteiger partial charge is 0.395 e. The third kappa shape index (κ3) is 4.50. The van der Waals surface area contributed by atoms with E-state index in [9.17, 15) is 5.11 Å². The molecule has 0 fully saturated rings. The highest BCUT2D eigenvalue weighted by Crippen LogP contribution is 2.20. The lowest BCUT2D eigenvalue weighted by molar-refractivity contribution is 0.241. The van der Waals surface area contributed by atoms with Gasteiger partial charge in [-0.2, -0.15) is 0 Å². The Morgan fingerprint density at radius 2 is 1.80 bits per heavy atom. The second-order valence-corrected chi connectivity index (χ2v) is 5.53. The number of benzene rings is 2. The summed E-state index contributed by atoms with van der Waals surface area (Å²) < 4.78 is 0. The molecule has 0 amide bonds. The summed E-state index contributed by atoms with van der Waals surface area (Å²) in [7, 11) is 0. The highest BCUT2D eigenvalue weighted by atomic mass is 35.5. The standard InChI is InChI=1S/C16H17Cl2NO/c17-14-6-7-16(18)13(9-14)10-19-15(11-20)8-12-4-2-1-3-5-12/h1-7,9,15,19-20H,8,10-11H2. The molecule has 2 aromatic rings. The van der Waals surface area contributed by atoms with Gasteiger partial charge in [-0.15, -0.1) is 0 Å². The molecule has 0 heterocycles. The van der Waals surface area contributed by atoms with E-state index in [0.29, 0.717) is 16.6 Å². The minimum absolute atomic E-state index is 0.00699. The van der Waals surface area contributed by atoms with Crippen molar-refractivity contribution in [3.8, 4) is 0 Å². The first-order chi connectivity index (χ1) is 9.69. The van der Waals surface area contributed by atoms with Crippen LogP contribution in [0.3, 0.4) is 0 Å². The molecule has 2 rings (SSSR count). The summed E-state index contributed by atoms with van der Waals surface area (Å²) in [4.78, 5) is 0. The number of rotatable bonds is 6. The Morgan fingerprint density at radius 1 is 1.05 bits per heavy atom. The zero-order chi connectivity index (χ0) is 14.4. The fourth-order valence-corrected chi connectivity index (χ4v) is 2.41. The van der Waals surface area contributed by atoms with Crippen molar-refractivity contribution in [2.24, 2.45) is 0 Å². The van der Waals surface area contributed by atoms with Crippen molar-refractivity contribution >= 4 is 23.2 Å². The SMILES string of the molecule is OCC(Cc1ccccc1)NCc1cc(Cl)ccc1Cl. The Bertz CT molecular complexity index is 545. The third-order valence-corrected chi connectivity index (χ3v) is 3.74. The Balaban J connectivity index is 1.95. The molecule has 0 aliphatic rings. The van der Waals surface area contributed by atoms with Gasteiger partial charge in [0.15, 0.2) is 0 Å². The normalized spacial score (nSPS) is 12.3. The monoisotopic (exact) mass is 309 g/mol. The van der Waals surface area contributed by atoms with Crippen molar-refractivity contribution in [1.29, 1.82) is 0 Å². The van der Waals surface area contributed by atoms with E-state index in [4.69, 9.17) is 23.2 Å². The summed E-state index contributed by atoms with van der Waals surface area (Å²) >= 11 is 12.1. The minimum Gasteiger partial charge on any atom is -0.395 e. The van der Waals surface area contributed by atoms with Crippen LogP contribution in [0.15, 0.2) is 48.5 Å². The summed E-state index contributed by atoms with van der Waals surface area (Å²) in [5, 5.41) is 14.1. The number of aliphatic hydroxyl groups excluding tert-OH is 1. The van der Waals surface area contributed by atoms with E-state index >= 15 is 0 Å². The predicted molar refractivity (Wildman–Crippen MR) is 84.3 cm³/mol. The first-order valence-electron chi connectivity index (χ1n) is 6.51. The van der Waals surface area contributed by atoms with Crippen LogP contribution in [0, 0.1) is 0 Å². The van der Waals surface area contributed by atoms with E-state index in [1.165, 1.54) is 5.56 Å². The highest BCUT2D eigenvalue weighted by molar-refractivity contribution is 6.33. The maximum Gasteiger partial charge on any atom is 0.0587 e. The van der Waals surface area contributed by atoms with Gasteiger partial charge >= 0.3 is 0 Å². The summed E-state index contributed by atoms with van der Waals surface area (Å²) in [6.07, 6.45) is 0.773. The Hall–Kier alpha value is -1.06. The van der Waals surface area contributed by atoms with Crippen LogP contribution in [0.4, 0.5) is 0 Å². The zero-order valence-corrected chi connectivity index (χ0v) is 12.5. The van der Waals surface area contributed by atoms with Gasteiger partial charge in [0.05, 0.1) is 6.61 Å². The van der Waals surface area contributed by atoms with Crippen LogP contribution in [0.1, 0.15) is 11.1 Å². The number of halogens is 2. The molecule has 20 heavy (non-hydrogen) atoms. The van der Waals surface area contributed by atoms with E-state index in [-0.39, 0.29) is 12.6 Å². The molecule has 106 valence electrons. The molecule has 1 atom stereocenters. The third-order valence-electron chi connectivity index (χ3n) is 3.13. The Labute approximate surface area is 129 Å². The fourth-order valence-electron chi connectivity index (χ4n) is 2.03. The summed E-state index contributed by atoms with van der Waals surface area (Å²) in [5.74, 6) is 0. The number of nitrogens with one attached hydrogen (secondary N) is 1. The van der Waals surface area contributed by atoms with Gasteiger partial charge in [0, 0.05) is 22.6 Å². The van der Waals surface area contributed by atoms with E-state index in [2.05, 4.69) is 17.4 Å². The van der Waals surface area contributed by atoms with Crippen molar-refractivity contribution < 1.29 is 5.11 Å². The lowest BCUT2D eigenvalue weighted by Crippen LogP contribution is -2.34. The summed E-state index contributed by atoms with van der Waals surface area (Å²) in [6.45, 7) is 0.657. The molecule has 2 nitrogen and oxygen atoms in total. The van der Waals surface area contributed by atoms with Crippen LogP contribution >= 0.6 is 23.2 Å². The topological polar surface area (TPSA) is 32.3 Å². The molecule has 0 aliphatic carbocycles. The van der Waals surface area contributed by atoms with Gasteiger partial charge in [0.1, 0.15) is 0 Å². The lowest BCUT2D eigenvalue weighted by atomic mass is 10.1. The molecule has 0 saturated carbocycles. The number of hydrogen-bond acceptors (Lipinski definition) is 2. The van der Waals surface area contributed by atoms with Crippen molar-refractivity contribution in [2.45, 2.75) is 19.0 Å². The predicted octanol–water partition coefficient (Wildman–Crippen LogP) is 3.69. The van der Waals surface area contributed by atoms with Crippen LogP contribution in [0.25, 0.3) is 0 Å².